The maximum atomic E-state index is 14.8. The molecule has 7 nitrogen and oxygen atoms in total. The summed E-state index contributed by atoms with van der Waals surface area (Å²) in [5.41, 5.74) is 2.15. The van der Waals surface area contributed by atoms with Crippen LogP contribution >= 0.6 is 11.6 Å². The Kier molecular flexibility index (Phi) is 6.57. The number of alkyl halides is 2. The van der Waals surface area contributed by atoms with E-state index in [1.165, 1.54) is 13.2 Å². The van der Waals surface area contributed by atoms with Gasteiger partial charge in [0.2, 0.25) is 5.28 Å². The summed E-state index contributed by atoms with van der Waals surface area (Å²) in [6, 6.07) is 6.68. The number of halogens is 4. The quantitative estimate of drug-likeness (QED) is 0.236. The first-order chi connectivity index (χ1) is 17.3. The number of hydrogen-bond donors (Lipinski definition) is 0. The molecule has 0 amide bonds. The SMILES string of the molecule is CCc1c(F)ccc2cc(OCOC)cc(-c3cnc4c(N5CCC(F)(F)CC5)nc(Cl)nc4n3)c12. The van der Waals surface area contributed by atoms with Crippen LogP contribution in [0.1, 0.15) is 25.3 Å². The molecular formula is C25H23ClF3N5O2. The molecule has 11 heteroatoms. The highest BCUT2D eigenvalue weighted by molar-refractivity contribution is 6.28. The van der Waals surface area contributed by atoms with E-state index in [9.17, 15) is 13.2 Å². The highest BCUT2D eigenvalue weighted by atomic mass is 35.5. The van der Waals surface area contributed by atoms with Crippen LogP contribution in [-0.2, 0) is 11.2 Å². The van der Waals surface area contributed by atoms with E-state index in [-0.39, 0.29) is 49.5 Å². The fourth-order valence-electron chi connectivity index (χ4n) is 4.51. The van der Waals surface area contributed by atoms with E-state index in [0.717, 1.165) is 5.39 Å². The number of ether oxygens (including phenoxy) is 2. The summed E-state index contributed by atoms with van der Waals surface area (Å²) >= 11 is 6.20. The number of nitrogens with zero attached hydrogens (tertiary/aromatic N) is 5. The predicted molar refractivity (Wildman–Crippen MR) is 131 cm³/mol. The van der Waals surface area contributed by atoms with Crippen LogP contribution in [-0.4, -0.2) is 52.9 Å². The molecule has 4 aromatic rings. The van der Waals surface area contributed by atoms with Gasteiger partial charge in [-0.3, -0.25) is 0 Å². The maximum Gasteiger partial charge on any atom is 0.251 e. The number of aryl methyl sites for hydroxylation is 1. The average molecular weight is 518 g/mol. The Morgan fingerprint density at radius 2 is 1.89 bits per heavy atom. The number of fused-ring (bicyclic) bond motifs is 2. The highest BCUT2D eigenvalue weighted by Crippen LogP contribution is 2.37. The fraction of sp³-hybridized carbons (Fsp3) is 0.360. The van der Waals surface area contributed by atoms with Crippen LogP contribution < -0.4 is 9.64 Å². The van der Waals surface area contributed by atoms with Crippen LogP contribution in [0.25, 0.3) is 33.2 Å². The molecule has 2 aromatic heterocycles. The van der Waals surface area contributed by atoms with Crippen LogP contribution in [0.4, 0.5) is 19.0 Å². The molecule has 2 aromatic carbocycles. The molecule has 5 rings (SSSR count). The van der Waals surface area contributed by atoms with Gasteiger partial charge < -0.3 is 14.4 Å². The Bertz CT molecular complexity index is 1440. The summed E-state index contributed by atoms with van der Waals surface area (Å²) in [7, 11) is 1.52. The van der Waals surface area contributed by atoms with E-state index < -0.39 is 5.92 Å². The van der Waals surface area contributed by atoms with Crippen molar-refractivity contribution in [2.45, 2.75) is 32.1 Å². The minimum absolute atomic E-state index is 0.0389. The number of hydrogen-bond acceptors (Lipinski definition) is 7. The molecule has 3 heterocycles. The second kappa shape index (κ2) is 9.67. The zero-order valence-electron chi connectivity index (χ0n) is 19.7. The van der Waals surface area contributed by atoms with E-state index in [1.54, 1.807) is 23.2 Å². The van der Waals surface area contributed by atoms with Crippen molar-refractivity contribution in [2.24, 2.45) is 0 Å². The van der Waals surface area contributed by atoms with Crippen LogP contribution in [0.15, 0.2) is 30.5 Å². The van der Waals surface area contributed by atoms with Crippen molar-refractivity contribution in [1.29, 1.82) is 0 Å². The summed E-state index contributed by atoms with van der Waals surface area (Å²) < 4.78 is 52.8. The van der Waals surface area contributed by atoms with Crippen molar-refractivity contribution in [3.63, 3.8) is 0 Å². The van der Waals surface area contributed by atoms with Gasteiger partial charge in [-0.1, -0.05) is 13.0 Å². The third kappa shape index (κ3) is 4.62. The molecule has 0 N–H and O–H groups in total. The first kappa shape index (κ1) is 24.5. The van der Waals surface area contributed by atoms with Crippen LogP contribution in [0.2, 0.25) is 5.28 Å². The standard InChI is InChI=1S/C25H23ClF3N5O2/c1-3-16-18(27)5-4-14-10-15(36-13-35-2)11-17(20(14)16)19-12-30-21-22(31-19)32-24(26)33-23(21)34-8-6-25(28,29)7-9-34/h4-5,10-12H,3,6-9,13H2,1-2H3. The van der Waals surface area contributed by atoms with Crippen molar-refractivity contribution < 1.29 is 22.6 Å². The molecule has 0 aliphatic carbocycles. The van der Waals surface area contributed by atoms with Crippen LogP contribution in [0, 0.1) is 5.82 Å². The van der Waals surface area contributed by atoms with Gasteiger partial charge in [0.1, 0.15) is 11.6 Å². The number of anilines is 1. The van der Waals surface area contributed by atoms with Crippen LogP contribution in [0.5, 0.6) is 5.75 Å². The molecule has 188 valence electrons. The molecule has 1 aliphatic rings. The molecule has 0 spiro atoms. The fourth-order valence-corrected chi connectivity index (χ4v) is 4.67. The molecule has 0 atom stereocenters. The van der Waals surface area contributed by atoms with Gasteiger partial charge in [-0.2, -0.15) is 9.97 Å². The minimum Gasteiger partial charge on any atom is -0.468 e. The molecule has 1 aliphatic heterocycles. The molecule has 1 saturated heterocycles. The van der Waals surface area contributed by atoms with E-state index in [2.05, 4.69) is 19.9 Å². The molecular weight excluding hydrogens is 495 g/mol. The van der Waals surface area contributed by atoms with Gasteiger partial charge in [0.15, 0.2) is 23.8 Å². The van der Waals surface area contributed by atoms with Gasteiger partial charge in [-0.25, -0.2) is 23.1 Å². The zero-order chi connectivity index (χ0) is 25.4. The van der Waals surface area contributed by atoms with Crippen LogP contribution in [0.3, 0.4) is 0 Å². The van der Waals surface area contributed by atoms with Crippen molar-refractivity contribution in [3.8, 4) is 17.0 Å². The van der Waals surface area contributed by atoms with E-state index >= 15 is 0 Å². The van der Waals surface area contributed by atoms with Gasteiger partial charge >= 0.3 is 0 Å². The zero-order valence-corrected chi connectivity index (χ0v) is 20.4. The highest BCUT2D eigenvalue weighted by Gasteiger charge is 2.35. The van der Waals surface area contributed by atoms with Crippen molar-refractivity contribution in [2.75, 3.05) is 31.9 Å². The largest absolute Gasteiger partial charge is 0.468 e. The predicted octanol–water partition coefficient (Wildman–Crippen LogP) is 5.81. The Balaban J connectivity index is 1.67. The number of methoxy groups -OCH3 is 1. The lowest BCUT2D eigenvalue weighted by Gasteiger charge is -2.32. The van der Waals surface area contributed by atoms with Crippen molar-refractivity contribution in [3.05, 3.63) is 47.1 Å². The maximum absolute atomic E-state index is 14.8. The topological polar surface area (TPSA) is 73.3 Å². The van der Waals surface area contributed by atoms with Gasteiger partial charge in [0.05, 0.1) is 11.9 Å². The molecule has 36 heavy (non-hydrogen) atoms. The summed E-state index contributed by atoms with van der Waals surface area (Å²) in [5, 5.41) is 1.40. The lowest BCUT2D eigenvalue weighted by atomic mass is 9.95. The van der Waals surface area contributed by atoms with E-state index in [0.29, 0.717) is 45.7 Å². The van der Waals surface area contributed by atoms with Gasteiger partial charge in [0, 0.05) is 38.6 Å². The van der Waals surface area contributed by atoms with Gasteiger partial charge in [-0.05, 0) is 52.6 Å². The first-order valence-electron chi connectivity index (χ1n) is 11.5. The molecule has 0 saturated carbocycles. The summed E-state index contributed by atoms with van der Waals surface area (Å²) in [4.78, 5) is 19.5. The lowest BCUT2D eigenvalue weighted by Crippen LogP contribution is -2.40. The van der Waals surface area contributed by atoms with E-state index in [4.69, 9.17) is 21.1 Å². The van der Waals surface area contributed by atoms with Crippen molar-refractivity contribution >= 4 is 39.4 Å². The molecule has 1 fully saturated rings. The Hall–Kier alpha value is -3.24. The van der Waals surface area contributed by atoms with Crippen molar-refractivity contribution in [1.82, 2.24) is 19.9 Å². The monoisotopic (exact) mass is 517 g/mol. The normalized spacial score (nSPS) is 15.6. The molecule has 0 bridgehead atoms. The minimum atomic E-state index is -2.70. The second-order valence-corrected chi connectivity index (χ2v) is 8.92. The molecule has 0 radical (unpaired) electrons. The number of benzene rings is 2. The summed E-state index contributed by atoms with van der Waals surface area (Å²) in [6.45, 7) is 2.14. The Morgan fingerprint density at radius 1 is 1.11 bits per heavy atom. The summed E-state index contributed by atoms with van der Waals surface area (Å²) in [6.07, 6.45) is 1.44. The lowest BCUT2D eigenvalue weighted by molar-refractivity contribution is -0.0221. The van der Waals surface area contributed by atoms with Gasteiger partial charge in [0.25, 0.3) is 5.92 Å². The summed E-state index contributed by atoms with van der Waals surface area (Å²) in [5.74, 6) is -2.14. The number of aromatic nitrogens is 4. The first-order valence-corrected chi connectivity index (χ1v) is 11.9. The molecule has 0 unspecified atom stereocenters. The number of rotatable bonds is 6. The second-order valence-electron chi connectivity index (χ2n) is 8.59. The third-order valence-electron chi connectivity index (χ3n) is 6.27. The number of piperidine rings is 1. The third-order valence-corrected chi connectivity index (χ3v) is 6.44. The Labute approximate surface area is 210 Å². The Morgan fingerprint density at radius 3 is 2.61 bits per heavy atom. The average Bonchev–Trinajstić information content (AvgIpc) is 2.86. The van der Waals surface area contributed by atoms with Gasteiger partial charge in [-0.15, -0.1) is 0 Å². The smallest absolute Gasteiger partial charge is 0.251 e. The van der Waals surface area contributed by atoms with E-state index in [1.807, 2.05) is 13.0 Å².